The maximum absolute atomic E-state index is 11.5. The van der Waals surface area contributed by atoms with E-state index in [0.717, 1.165) is 12.5 Å². The van der Waals surface area contributed by atoms with Crippen LogP contribution in [0, 0.1) is 5.92 Å². The molecule has 0 spiro atoms. The first kappa shape index (κ1) is 16.8. The van der Waals surface area contributed by atoms with Gasteiger partial charge in [-0.3, -0.25) is 4.79 Å². The quantitative estimate of drug-likeness (QED) is 0.696. The van der Waals surface area contributed by atoms with Gasteiger partial charge < -0.3 is 10.1 Å². The molecule has 1 rings (SSSR count). The fraction of sp³-hybridized carbons (Fsp3) is 0.933. The van der Waals surface area contributed by atoms with E-state index < -0.39 is 0 Å². The summed E-state index contributed by atoms with van der Waals surface area (Å²) in [7, 11) is 0. The molecule has 1 fully saturated rings. The van der Waals surface area contributed by atoms with Gasteiger partial charge in [0.2, 0.25) is 0 Å². The zero-order valence-corrected chi connectivity index (χ0v) is 13.4. The highest BCUT2D eigenvalue weighted by atomic mass is 32.2. The Hall–Kier alpha value is -0.220. The molecule has 4 heteroatoms. The molecule has 0 saturated heterocycles. The van der Waals surface area contributed by atoms with E-state index in [1.807, 2.05) is 6.92 Å². The van der Waals surface area contributed by atoms with Crippen LogP contribution in [0.25, 0.3) is 0 Å². The number of carbonyl (C=O) groups is 1. The summed E-state index contributed by atoms with van der Waals surface area (Å²) in [6.45, 7) is 7.78. The lowest BCUT2D eigenvalue weighted by atomic mass is 9.83. The molecular weight excluding hydrogens is 258 g/mol. The van der Waals surface area contributed by atoms with E-state index in [0.29, 0.717) is 23.7 Å². The van der Waals surface area contributed by atoms with E-state index >= 15 is 0 Å². The standard InChI is InChI=1S/C15H29NO2S/c1-4-7-12-8-9-13(16-5-2)14(10-12)19-11-15(17)18-6-3/h12-14,16H,4-11H2,1-3H3. The Kier molecular flexibility index (Phi) is 8.55. The Morgan fingerprint density at radius 1 is 1.32 bits per heavy atom. The van der Waals surface area contributed by atoms with Gasteiger partial charge in [-0.2, -0.15) is 0 Å². The molecular formula is C15H29NO2S. The summed E-state index contributed by atoms with van der Waals surface area (Å²) < 4.78 is 5.02. The van der Waals surface area contributed by atoms with Crippen LogP contribution in [-0.4, -0.2) is 36.2 Å². The smallest absolute Gasteiger partial charge is 0.315 e. The van der Waals surface area contributed by atoms with Gasteiger partial charge in [-0.25, -0.2) is 0 Å². The number of esters is 1. The SMILES string of the molecule is CCCC1CCC(NCC)C(SCC(=O)OCC)C1. The first-order chi connectivity index (χ1) is 9.21. The first-order valence-corrected chi connectivity index (χ1v) is 8.76. The van der Waals surface area contributed by atoms with E-state index in [-0.39, 0.29) is 5.97 Å². The fourth-order valence-corrected chi connectivity index (χ4v) is 4.25. The summed E-state index contributed by atoms with van der Waals surface area (Å²) in [6, 6.07) is 0.567. The second-order valence-corrected chi connectivity index (χ2v) is 6.51. The molecule has 0 amide bonds. The van der Waals surface area contributed by atoms with Crippen LogP contribution in [-0.2, 0) is 9.53 Å². The van der Waals surface area contributed by atoms with Crippen molar-refractivity contribution in [1.82, 2.24) is 5.32 Å². The summed E-state index contributed by atoms with van der Waals surface area (Å²) in [5.74, 6) is 1.28. The van der Waals surface area contributed by atoms with Gasteiger partial charge in [-0.1, -0.05) is 26.7 Å². The van der Waals surface area contributed by atoms with Crippen LogP contribution in [0.5, 0.6) is 0 Å². The maximum Gasteiger partial charge on any atom is 0.315 e. The molecule has 1 aliphatic carbocycles. The van der Waals surface area contributed by atoms with Crippen molar-refractivity contribution in [2.24, 2.45) is 5.92 Å². The number of hydrogen-bond acceptors (Lipinski definition) is 4. The van der Waals surface area contributed by atoms with Crippen LogP contribution in [0.4, 0.5) is 0 Å². The van der Waals surface area contributed by atoms with Crippen molar-refractivity contribution in [3.05, 3.63) is 0 Å². The summed E-state index contributed by atoms with van der Waals surface area (Å²) in [5, 5.41) is 4.14. The van der Waals surface area contributed by atoms with Gasteiger partial charge in [0.1, 0.15) is 0 Å². The van der Waals surface area contributed by atoms with Crippen LogP contribution in [0.1, 0.15) is 52.9 Å². The molecule has 0 bridgehead atoms. The second-order valence-electron chi connectivity index (χ2n) is 5.29. The maximum atomic E-state index is 11.5. The van der Waals surface area contributed by atoms with Crippen molar-refractivity contribution >= 4 is 17.7 Å². The van der Waals surface area contributed by atoms with Gasteiger partial charge in [0.05, 0.1) is 12.4 Å². The minimum absolute atomic E-state index is 0.0691. The molecule has 0 heterocycles. The molecule has 3 atom stereocenters. The number of carbonyl (C=O) groups excluding carboxylic acids is 1. The van der Waals surface area contributed by atoms with Gasteiger partial charge in [0.25, 0.3) is 0 Å². The predicted octanol–water partition coefficient (Wildman–Crippen LogP) is 3.23. The van der Waals surface area contributed by atoms with E-state index in [4.69, 9.17) is 4.74 Å². The number of hydrogen-bond donors (Lipinski definition) is 1. The molecule has 0 radical (unpaired) electrons. The number of ether oxygens (including phenoxy) is 1. The number of rotatable bonds is 8. The molecule has 3 unspecified atom stereocenters. The first-order valence-electron chi connectivity index (χ1n) is 7.71. The van der Waals surface area contributed by atoms with Crippen molar-refractivity contribution < 1.29 is 9.53 Å². The second kappa shape index (κ2) is 9.65. The zero-order chi connectivity index (χ0) is 14.1. The third-order valence-corrected chi connectivity index (χ3v) is 5.14. The average molecular weight is 287 g/mol. The monoisotopic (exact) mass is 287 g/mol. The summed E-state index contributed by atoms with van der Waals surface area (Å²) >= 11 is 1.79. The van der Waals surface area contributed by atoms with Crippen molar-refractivity contribution in [2.75, 3.05) is 18.9 Å². The summed E-state index contributed by atoms with van der Waals surface area (Å²) in [5.41, 5.74) is 0. The van der Waals surface area contributed by atoms with E-state index in [1.165, 1.54) is 32.1 Å². The van der Waals surface area contributed by atoms with Crippen LogP contribution < -0.4 is 5.32 Å². The lowest BCUT2D eigenvalue weighted by Gasteiger charge is -2.36. The minimum Gasteiger partial charge on any atom is -0.465 e. The van der Waals surface area contributed by atoms with Crippen LogP contribution >= 0.6 is 11.8 Å². The highest BCUT2D eigenvalue weighted by molar-refractivity contribution is 8.00. The van der Waals surface area contributed by atoms with Crippen LogP contribution in [0.2, 0.25) is 0 Å². The van der Waals surface area contributed by atoms with Gasteiger partial charge in [0, 0.05) is 11.3 Å². The van der Waals surface area contributed by atoms with Gasteiger partial charge in [-0.15, -0.1) is 11.8 Å². The van der Waals surface area contributed by atoms with Crippen molar-refractivity contribution in [2.45, 2.75) is 64.2 Å². The molecule has 1 N–H and O–H groups in total. The van der Waals surface area contributed by atoms with E-state index in [2.05, 4.69) is 19.2 Å². The van der Waals surface area contributed by atoms with Gasteiger partial charge in [0.15, 0.2) is 0 Å². The molecule has 0 aromatic carbocycles. The zero-order valence-electron chi connectivity index (χ0n) is 12.6. The van der Waals surface area contributed by atoms with Gasteiger partial charge >= 0.3 is 5.97 Å². The highest BCUT2D eigenvalue weighted by Crippen LogP contribution is 2.34. The number of nitrogens with one attached hydrogen (secondary N) is 1. The third-order valence-electron chi connectivity index (χ3n) is 3.78. The van der Waals surface area contributed by atoms with Crippen molar-refractivity contribution in [3.8, 4) is 0 Å². The summed E-state index contributed by atoms with van der Waals surface area (Å²) in [4.78, 5) is 11.5. The highest BCUT2D eigenvalue weighted by Gasteiger charge is 2.30. The number of thioether (sulfide) groups is 1. The molecule has 1 aliphatic rings. The third kappa shape index (κ3) is 6.17. The molecule has 19 heavy (non-hydrogen) atoms. The molecule has 112 valence electrons. The van der Waals surface area contributed by atoms with Crippen molar-refractivity contribution in [1.29, 1.82) is 0 Å². The largest absolute Gasteiger partial charge is 0.465 e. The Morgan fingerprint density at radius 2 is 2.11 bits per heavy atom. The van der Waals surface area contributed by atoms with Crippen LogP contribution in [0.15, 0.2) is 0 Å². The Bertz CT molecular complexity index is 261. The molecule has 1 saturated carbocycles. The Morgan fingerprint density at radius 3 is 2.74 bits per heavy atom. The average Bonchev–Trinajstić information content (AvgIpc) is 2.40. The normalized spacial score (nSPS) is 27.2. The van der Waals surface area contributed by atoms with Crippen molar-refractivity contribution in [3.63, 3.8) is 0 Å². The molecule has 3 nitrogen and oxygen atoms in total. The van der Waals surface area contributed by atoms with E-state index in [9.17, 15) is 4.79 Å². The predicted molar refractivity (Wildman–Crippen MR) is 82.6 cm³/mol. The summed E-state index contributed by atoms with van der Waals surface area (Å²) in [6.07, 6.45) is 6.43. The lowest BCUT2D eigenvalue weighted by molar-refractivity contribution is -0.139. The lowest BCUT2D eigenvalue weighted by Crippen LogP contribution is -2.43. The fourth-order valence-electron chi connectivity index (χ4n) is 2.94. The van der Waals surface area contributed by atoms with Crippen LogP contribution in [0.3, 0.4) is 0 Å². The minimum atomic E-state index is -0.0691. The molecule has 0 aromatic heterocycles. The Labute approximate surface area is 122 Å². The molecule has 0 aliphatic heterocycles. The topological polar surface area (TPSA) is 38.3 Å². The van der Waals surface area contributed by atoms with Gasteiger partial charge in [-0.05, 0) is 38.6 Å². The van der Waals surface area contributed by atoms with E-state index in [1.54, 1.807) is 11.8 Å². The molecule has 0 aromatic rings. The Balaban J connectivity index is 2.44.